The molecule has 0 aliphatic carbocycles. The van der Waals surface area contributed by atoms with E-state index in [1.807, 2.05) is 24.3 Å². The minimum Gasteiger partial charge on any atom is -0.497 e. The van der Waals surface area contributed by atoms with Crippen LogP contribution in [0.4, 0.5) is 11.4 Å². The SMILES string of the molecule is COc1ccc(N(CC(=O)N2CCCc3ccccc32)S(=O)(=O)c2ccc(C(C)=O)cc2)cc1. The molecule has 176 valence electrons. The number of anilines is 2. The maximum absolute atomic E-state index is 13.7. The van der Waals surface area contributed by atoms with Crippen molar-refractivity contribution in [3.8, 4) is 5.75 Å². The molecule has 1 heterocycles. The van der Waals surface area contributed by atoms with Crippen molar-refractivity contribution >= 4 is 33.1 Å². The van der Waals surface area contributed by atoms with Gasteiger partial charge in [-0.15, -0.1) is 0 Å². The van der Waals surface area contributed by atoms with E-state index < -0.39 is 10.0 Å². The summed E-state index contributed by atoms with van der Waals surface area (Å²) in [5.74, 6) is 0.102. The predicted molar refractivity (Wildman–Crippen MR) is 131 cm³/mol. The Morgan fingerprint density at radius 1 is 0.971 bits per heavy atom. The summed E-state index contributed by atoms with van der Waals surface area (Å²) in [6.45, 7) is 1.58. The maximum atomic E-state index is 13.7. The molecule has 0 radical (unpaired) electrons. The summed E-state index contributed by atoms with van der Waals surface area (Å²) in [4.78, 5) is 26.7. The normalized spacial score (nSPS) is 13.2. The lowest BCUT2D eigenvalue weighted by atomic mass is 10.0. The molecule has 0 fully saturated rings. The summed E-state index contributed by atoms with van der Waals surface area (Å²) in [5, 5.41) is 0. The number of hydrogen-bond donors (Lipinski definition) is 0. The number of ether oxygens (including phenoxy) is 1. The highest BCUT2D eigenvalue weighted by atomic mass is 32.2. The number of sulfonamides is 1. The Kier molecular flexibility index (Phi) is 6.70. The van der Waals surface area contributed by atoms with Gasteiger partial charge in [0.15, 0.2) is 5.78 Å². The number of rotatable bonds is 7. The van der Waals surface area contributed by atoms with Crippen molar-refractivity contribution in [1.82, 2.24) is 0 Å². The first-order valence-corrected chi connectivity index (χ1v) is 12.4. The topological polar surface area (TPSA) is 84.0 Å². The summed E-state index contributed by atoms with van der Waals surface area (Å²) in [5.41, 5.74) is 2.64. The molecule has 7 nitrogen and oxygen atoms in total. The van der Waals surface area contributed by atoms with Crippen LogP contribution in [0.15, 0.2) is 77.7 Å². The van der Waals surface area contributed by atoms with E-state index in [9.17, 15) is 18.0 Å². The average Bonchev–Trinajstić information content (AvgIpc) is 2.86. The first kappa shape index (κ1) is 23.5. The first-order chi connectivity index (χ1) is 16.3. The molecule has 4 rings (SSSR count). The van der Waals surface area contributed by atoms with Gasteiger partial charge in [0.25, 0.3) is 10.0 Å². The number of Topliss-reactive ketones (excluding diaryl/α,β-unsaturated/α-hetero) is 1. The third-order valence-electron chi connectivity index (χ3n) is 5.90. The van der Waals surface area contributed by atoms with Crippen molar-refractivity contribution in [3.05, 3.63) is 83.9 Å². The van der Waals surface area contributed by atoms with E-state index in [2.05, 4.69) is 0 Å². The fraction of sp³-hybridized carbons (Fsp3) is 0.231. The molecule has 0 unspecified atom stereocenters. The Balaban J connectivity index is 1.71. The number of carbonyl (C=O) groups excluding carboxylic acids is 2. The summed E-state index contributed by atoms with van der Waals surface area (Å²) >= 11 is 0. The molecule has 0 saturated carbocycles. The number of fused-ring (bicyclic) bond motifs is 1. The number of aryl methyl sites for hydroxylation is 1. The Hall–Kier alpha value is -3.65. The van der Waals surface area contributed by atoms with Gasteiger partial charge in [-0.05, 0) is 67.8 Å². The molecule has 0 N–H and O–H groups in total. The van der Waals surface area contributed by atoms with Gasteiger partial charge in [-0.3, -0.25) is 13.9 Å². The van der Waals surface area contributed by atoms with Crippen LogP contribution < -0.4 is 13.9 Å². The van der Waals surface area contributed by atoms with Crippen LogP contribution >= 0.6 is 0 Å². The summed E-state index contributed by atoms with van der Waals surface area (Å²) in [7, 11) is -2.57. The Bertz CT molecular complexity index is 1300. The Morgan fingerprint density at radius 3 is 2.29 bits per heavy atom. The van der Waals surface area contributed by atoms with Gasteiger partial charge < -0.3 is 9.64 Å². The van der Waals surface area contributed by atoms with Crippen LogP contribution in [0.1, 0.15) is 29.3 Å². The van der Waals surface area contributed by atoms with Gasteiger partial charge in [-0.1, -0.05) is 30.3 Å². The minimum atomic E-state index is -4.09. The number of benzene rings is 3. The number of amides is 1. The second kappa shape index (κ2) is 9.69. The van der Waals surface area contributed by atoms with Gasteiger partial charge in [-0.2, -0.15) is 0 Å². The maximum Gasteiger partial charge on any atom is 0.264 e. The predicted octanol–water partition coefficient (Wildman–Crippen LogP) is 4.07. The molecule has 0 spiro atoms. The van der Waals surface area contributed by atoms with E-state index in [-0.39, 0.29) is 23.1 Å². The molecule has 1 amide bonds. The quantitative estimate of drug-likeness (QED) is 0.478. The smallest absolute Gasteiger partial charge is 0.264 e. The molecule has 8 heteroatoms. The van der Waals surface area contributed by atoms with Crippen molar-refractivity contribution in [2.75, 3.05) is 29.4 Å². The summed E-state index contributed by atoms with van der Waals surface area (Å²) in [6, 6.07) is 19.9. The van der Waals surface area contributed by atoms with Crippen LogP contribution in [0.3, 0.4) is 0 Å². The number of para-hydroxylation sites is 1. The third-order valence-corrected chi connectivity index (χ3v) is 7.69. The van der Waals surface area contributed by atoms with E-state index in [1.54, 1.807) is 29.2 Å². The van der Waals surface area contributed by atoms with Gasteiger partial charge in [0, 0.05) is 17.8 Å². The lowest BCUT2D eigenvalue weighted by molar-refractivity contribution is -0.117. The third kappa shape index (κ3) is 4.68. The standard InChI is InChI=1S/C26H26N2O5S/c1-19(29)20-9-15-24(16-10-20)34(31,32)28(22-11-13-23(33-2)14-12-22)18-26(30)27-17-5-7-21-6-3-4-8-25(21)27/h3-4,6,8-16H,5,7,17-18H2,1-2H3. The average molecular weight is 479 g/mol. The number of nitrogens with zero attached hydrogens (tertiary/aromatic N) is 2. The Labute approximate surface area is 199 Å². The highest BCUT2D eigenvalue weighted by Gasteiger charge is 2.31. The Morgan fingerprint density at radius 2 is 1.65 bits per heavy atom. The molecule has 3 aromatic rings. The van der Waals surface area contributed by atoms with Gasteiger partial charge in [0.2, 0.25) is 5.91 Å². The highest BCUT2D eigenvalue weighted by Crippen LogP contribution is 2.29. The molecule has 0 bridgehead atoms. The summed E-state index contributed by atoms with van der Waals surface area (Å²) in [6.07, 6.45) is 1.69. The fourth-order valence-corrected chi connectivity index (χ4v) is 5.47. The van der Waals surface area contributed by atoms with Crippen molar-refractivity contribution in [1.29, 1.82) is 0 Å². The first-order valence-electron chi connectivity index (χ1n) is 11.0. The fourth-order valence-electron chi connectivity index (χ4n) is 4.05. The van der Waals surface area contributed by atoms with Crippen molar-refractivity contribution < 1.29 is 22.7 Å². The number of methoxy groups -OCH3 is 1. The molecular weight excluding hydrogens is 452 g/mol. The molecule has 0 saturated heterocycles. The van der Waals surface area contributed by atoms with Gasteiger partial charge in [-0.25, -0.2) is 8.42 Å². The molecule has 34 heavy (non-hydrogen) atoms. The van der Waals surface area contributed by atoms with Gasteiger partial charge >= 0.3 is 0 Å². The van der Waals surface area contributed by atoms with E-state index in [0.717, 1.165) is 28.4 Å². The van der Waals surface area contributed by atoms with Crippen LogP contribution in [0.2, 0.25) is 0 Å². The largest absolute Gasteiger partial charge is 0.497 e. The van der Waals surface area contributed by atoms with Crippen LogP contribution in [0, 0.1) is 0 Å². The second-order valence-corrected chi connectivity index (χ2v) is 9.93. The highest BCUT2D eigenvalue weighted by molar-refractivity contribution is 7.92. The second-order valence-electron chi connectivity index (χ2n) is 8.07. The van der Waals surface area contributed by atoms with Crippen LogP contribution in [0.5, 0.6) is 5.75 Å². The van der Waals surface area contributed by atoms with E-state index in [0.29, 0.717) is 23.5 Å². The van der Waals surface area contributed by atoms with Gasteiger partial charge in [0.05, 0.1) is 17.7 Å². The molecule has 3 aromatic carbocycles. The zero-order valence-corrected chi connectivity index (χ0v) is 19.9. The number of carbonyl (C=O) groups is 2. The zero-order valence-electron chi connectivity index (χ0n) is 19.1. The van der Waals surface area contributed by atoms with E-state index >= 15 is 0 Å². The van der Waals surface area contributed by atoms with Gasteiger partial charge in [0.1, 0.15) is 12.3 Å². The monoisotopic (exact) mass is 478 g/mol. The zero-order chi connectivity index (χ0) is 24.3. The number of ketones is 1. The van der Waals surface area contributed by atoms with Crippen LogP contribution in [0.25, 0.3) is 0 Å². The van der Waals surface area contributed by atoms with Crippen LogP contribution in [-0.4, -0.2) is 40.3 Å². The van der Waals surface area contributed by atoms with Crippen molar-refractivity contribution in [2.45, 2.75) is 24.7 Å². The molecule has 0 atom stereocenters. The van der Waals surface area contributed by atoms with Crippen molar-refractivity contribution in [2.24, 2.45) is 0 Å². The summed E-state index contributed by atoms with van der Waals surface area (Å²) < 4.78 is 33.6. The molecule has 1 aliphatic rings. The molecular formula is C26H26N2O5S. The van der Waals surface area contributed by atoms with Crippen LogP contribution in [-0.2, 0) is 21.2 Å². The molecule has 1 aliphatic heterocycles. The molecule has 0 aromatic heterocycles. The van der Waals surface area contributed by atoms with Crippen molar-refractivity contribution in [3.63, 3.8) is 0 Å². The lowest BCUT2D eigenvalue weighted by Gasteiger charge is -2.32. The minimum absolute atomic E-state index is 0.000150. The lowest BCUT2D eigenvalue weighted by Crippen LogP contribution is -2.45. The van der Waals surface area contributed by atoms with E-state index in [1.165, 1.54) is 38.3 Å². The number of hydrogen-bond acceptors (Lipinski definition) is 5. The van der Waals surface area contributed by atoms with E-state index in [4.69, 9.17) is 4.74 Å².